The molecule has 0 unspecified atom stereocenters. The summed E-state index contributed by atoms with van der Waals surface area (Å²) in [6.07, 6.45) is 0. The largest absolute Gasteiger partial charge is 0.287 e. The summed E-state index contributed by atoms with van der Waals surface area (Å²) in [4.78, 5) is 25.7. The molecule has 19 heavy (non-hydrogen) atoms. The van der Waals surface area contributed by atoms with E-state index in [1.54, 1.807) is 13.8 Å². The van der Waals surface area contributed by atoms with E-state index in [9.17, 15) is 14.0 Å². The van der Waals surface area contributed by atoms with Crippen LogP contribution in [-0.2, 0) is 4.79 Å². The van der Waals surface area contributed by atoms with Gasteiger partial charge in [-0.1, -0.05) is 25.6 Å². The summed E-state index contributed by atoms with van der Waals surface area (Å²) in [6, 6.07) is 2.26. The van der Waals surface area contributed by atoms with Gasteiger partial charge >= 0.3 is 0 Å². The first-order valence-electron chi connectivity index (χ1n) is 5.17. The van der Waals surface area contributed by atoms with Crippen LogP contribution in [0.2, 0.25) is 0 Å². The molecule has 0 N–H and O–H groups in total. The van der Waals surface area contributed by atoms with Gasteiger partial charge < -0.3 is 0 Å². The SMILES string of the molecule is CC(C)C(=O)Sc1cc(C(=O)N=[N+]=[N-])c(F)cc1Br. The topological polar surface area (TPSA) is 82.9 Å². The van der Waals surface area contributed by atoms with Gasteiger partial charge in [0.25, 0.3) is 5.91 Å². The highest BCUT2D eigenvalue weighted by molar-refractivity contribution is 9.10. The Morgan fingerprint density at radius 3 is 2.63 bits per heavy atom. The zero-order chi connectivity index (χ0) is 14.6. The third-order valence-corrected chi connectivity index (χ3v) is 4.22. The van der Waals surface area contributed by atoms with Crippen LogP contribution in [0.25, 0.3) is 10.4 Å². The molecule has 8 heteroatoms. The maximum absolute atomic E-state index is 13.6. The zero-order valence-corrected chi connectivity index (χ0v) is 12.5. The minimum Gasteiger partial charge on any atom is -0.287 e. The molecule has 0 spiro atoms. The molecule has 5 nitrogen and oxygen atoms in total. The van der Waals surface area contributed by atoms with E-state index >= 15 is 0 Å². The number of carbonyl (C=O) groups excluding carboxylic acids is 2. The average molecular weight is 346 g/mol. The molecule has 100 valence electrons. The van der Waals surface area contributed by atoms with E-state index in [1.165, 1.54) is 6.07 Å². The van der Waals surface area contributed by atoms with Crippen LogP contribution in [0.15, 0.2) is 26.6 Å². The second-order valence-electron chi connectivity index (χ2n) is 3.83. The summed E-state index contributed by atoms with van der Waals surface area (Å²) in [5, 5.41) is 2.72. The summed E-state index contributed by atoms with van der Waals surface area (Å²) in [5.74, 6) is -2.03. The van der Waals surface area contributed by atoms with Crippen molar-refractivity contribution in [2.45, 2.75) is 18.7 Å². The van der Waals surface area contributed by atoms with Gasteiger partial charge in [-0.15, -0.1) is 0 Å². The molecule has 1 rings (SSSR count). The first-order chi connectivity index (χ1) is 8.86. The van der Waals surface area contributed by atoms with Crippen LogP contribution in [0.5, 0.6) is 0 Å². The van der Waals surface area contributed by atoms with Crippen molar-refractivity contribution in [3.63, 3.8) is 0 Å². The van der Waals surface area contributed by atoms with Crippen LogP contribution >= 0.6 is 27.7 Å². The normalized spacial score (nSPS) is 10.2. The summed E-state index contributed by atoms with van der Waals surface area (Å²) in [5.41, 5.74) is 7.82. The lowest BCUT2D eigenvalue weighted by atomic mass is 10.2. The van der Waals surface area contributed by atoms with E-state index in [1.807, 2.05) is 0 Å². The highest BCUT2D eigenvalue weighted by atomic mass is 79.9. The quantitative estimate of drug-likeness (QED) is 0.354. The monoisotopic (exact) mass is 345 g/mol. The molecule has 0 heterocycles. The lowest BCUT2D eigenvalue weighted by molar-refractivity contribution is -0.113. The van der Waals surface area contributed by atoms with Crippen LogP contribution in [0.3, 0.4) is 0 Å². The number of hydrogen-bond donors (Lipinski definition) is 0. The van der Waals surface area contributed by atoms with Crippen molar-refractivity contribution in [3.05, 3.63) is 38.4 Å². The van der Waals surface area contributed by atoms with Gasteiger partial charge in [-0.3, -0.25) is 9.59 Å². The molecule has 0 aliphatic carbocycles. The molecule has 0 aliphatic heterocycles. The summed E-state index contributed by atoms with van der Waals surface area (Å²) < 4.78 is 13.9. The molecule has 0 fully saturated rings. The Morgan fingerprint density at radius 2 is 2.11 bits per heavy atom. The van der Waals surface area contributed by atoms with Gasteiger partial charge in [0.1, 0.15) is 5.82 Å². The summed E-state index contributed by atoms with van der Waals surface area (Å²) >= 11 is 4.02. The van der Waals surface area contributed by atoms with Gasteiger partial charge in [0.15, 0.2) is 5.12 Å². The highest BCUT2D eigenvalue weighted by Crippen LogP contribution is 2.32. The van der Waals surface area contributed by atoms with Crippen molar-refractivity contribution in [3.8, 4) is 0 Å². The number of nitrogens with zero attached hydrogens (tertiary/aromatic N) is 3. The van der Waals surface area contributed by atoms with Gasteiger partial charge in [0.2, 0.25) is 0 Å². The van der Waals surface area contributed by atoms with Crippen LogP contribution in [0, 0.1) is 11.7 Å². The molecule has 1 amide bonds. The van der Waals surface area contributed by atoms with Crippen molar-refractivity contribution < 1.29 is 14.0 Å². The predicted molar refractivity (Wildman–Crippen MR) is 73.3 cm³/mol. The summed E-state index contributed by atoms with van der Waals surface area (Å²) in [6.45, 7) is 3.47. The van der Waals surface area contributed by atoms with Crippen molar-refractivity contribution >= 4 is 38.7 Å². The first-order valence-corrected chi connectivity index (χ1v) is 6.78. The second kappa shape index (κ2) is 6.70. The lowest BCUT2D eigenvalue weighted by Crippen LogP contribution is -2.03. The molecule has 0 saturated heterocycles. The van der Waals surface area contributed by atoms with Crippen LogP contribution in [-0.4, -0.2) is 11.0 Å². The number of rotatable bonds is 3. The van der Waals surface area contributed by atoms with Crippen molar-refractivity contribution in [2.24, 2.45) is 11.0 Å². The van der Waals surface area contributed by atoms with Crippen LogP contribution in [0.1, 0.15) is 24.2 Å². The Hall–Kier alpha value is -1.37. The predicted octanol–water partition coefficient (Wildman–Crippen LogP) is 4.31. The Bertz CT molecular complexity index is 586. The zero-order valence-electron chi connectivity index (χ0n) is 10.1. The average Bonchev–Trinajstić information content (AvgIpc) is 2.32. The van der Waals surface area contributed by atoms with Gasteiger partial charge in [0.05, 0.1) is 5.56 Å². The number of thioether (sulfide) groups is 1. The maximum atomic E-state index is 13.6. The molecule has 0 radical (unpaired) electrons. The van der Waals surface area contributed by atoms with E-state index in [4.69, 9.17) is 5.53 Å². The molecule has 0 bridgehead atoms. The van der Waals surface area contributed by atoms with E-state index in [0.717, 1.165) is 17.8 Å². The molecule has 1 aromatic carbocycles. The third kappa shape index (κ3) is 4.05. The molecule has 0 aliphatic rings. The molecule has 0 atom stereocenters. The number of hydrogen-bond acceptors (Lipinski definition) is 3. The standard InChI is InChI=1S/C11H9BrFN3O2S/c1-5(2)11(18)19-9-3-6(10(17)15-16-14)8(13)4-7(9)12/h3-5H,1-2H3. The Labute approximate surface area is 121 Å². The van der Waals surface area contributed by atoms with Crippen molar-refractivity contribution in [1.82, 2.24) is 0 Å². The fourth-order valence-electron chi connectivity index (χ4n) is 1.09. The van der Waals surface area contributed by atoms with Gasteiger partial charge in [0, 0.05) is 20.2 Å². The van der Waals surface area contributed by atoms with E-state index in [0.29, 0.717) is 9.37 Å². The van der Waals surface area contributed by atoms with Gasteiger partial charge in [-0.2, -0.15) is 0 Å². The number of halogens is 2. The minimum absolute atomic E-state index is 0.116. The minimum atomic E-state index is -1.02. The van der Waals surface area contributed by atoms with Crippen LogP contribution < -0.4 is 0 Å². The molecule has 0 saturated carbocycles. The summed E-state index contributed by atoms with van der Waals surface area (Å²) in [7, 11) is 0. The molecule has 0 aromatic heterocycles. The van der Waals surface area contributed by atoms with Crippen molar-refractivity contribution in [1.29, 1.82) is 0 Å². The second-order valence-corrected chi connectivity index (χ2v) is 5.73. The number of amides is 1. The van der Waals surface area contributed by atoms with Crippen LogP contribution in [0.4, 0.5) is 4.39 Å². The molecular weight excluding hydrogens is 337 g/mol. The number of carbonyl (C=O) groups is 2. The Balaban J connectivity index is 3.20. The van der Waals surface area contributed by atoms with Gasteiger partial charge in [-0.05, 0) is 38.7 Å². The third-order valence-electron chi connectivity index (χ3n) is 2.07. The fourth-order valence-corrected chi connectivity index (χ4v) is 2.44. The molecule has 1 aromatic rings. The Morgan fingerprint density at radius 1 is 1.47 bits per heavy atom. The van der Waals surface area contributed by atoms with Gasteiger partial charge in [-0.25, -0.2) is 4.39 Å². The fraction of sp³-hybridized carbons (Fsp3) is 0.273. The Kier molecular flexibility index (Phi) is 5.53. The van der Waals surface area contributed by atoms with Crippen molar-refractivity contribution in [2.75, 3.05) is 0 Å². The first kappa shape index (κ1) is 15.7. The smallest absolute Gasteiger partial charge is 0.252 e. The molecular formula is C11H9BrFN3O2S. The lowest BCUT2D eigenvalue weighted by Gasteiger charge is -2.08. The maximum Gasteiger partial charge on any atom is 0.252 e. The number of azide groups is 1. The number of benzene rings is 1. The highest BCUT2D eigenvalue weighted by Gasteiger charge is 2.17. The van der Waals surface area contributed by atoms with E-state index in [2.05, 4.69) is 26.0 Å². The van der Waals surface area contributed by atoms with E-state index in [-0.39, 0.29) is 16.6 Å². The van der Waals surface area contributed by atoms with E-state index < -0.39 is 11.7 Å².